The van der Waals surface area contributed by atoms with Gasteiger partial charge < -0.3 is 10.1 Å². The first-order chi connectivity index (χ1) is 8.90. The van der Waals surface area contributed by atoms with E-state index < -0.39 is 0 Å². The van der Waals surface area contributed by atoms with Crippen LogP contribution in [0.15, 0.2) is 18.2 Å². The van der Waals surface area contributed by atoms with Crippen molar-refractivity contribution in [3.05, 3.63) is 29.6 Å². The normalized spacial score (nSPS) is 13.5. The van der Waals surface area contributed by atoms with Crippen molar-refractivity contribution >= 4 is 0 Å². The lowest BCUT2D eigenvalue weighted by molar-refractivity contribution is 0.0452. The minimum absolute atomic E-state index is 0.115. The molecular weight excluding hydrogens is 236 g/mol. The van der Waals surface area contributed by atoms with Crippen molar-refractivity contribution in [2.45, 2.75) is 72.3 Å². The zero-order chi connectivity index (χ0) is 14.3. The molecule has 0 spiro atoms. The molecule has 1 N–H and O–H groups in total. The molecule has 0 aromatic carbocycles. The van der Waals surface area contributed by atoms with Crippen molar-refractivity contribution in [3.63, 3.8) is 0 Å². The van der Waals surface area contributed by atoms with Gasteiger partial charge in [0.1, 0.15) is 0 Å². The molecule has 1 aromatic heterocycles. The van der Waals surface area contributed by atoms with E-state index in [0.29, 0.717) is 12.7 Å². The summed E-state index contributed by atoms with van der Waals surface area (Å²) >= 11 is 0. The van der Waals surface area contributed by atoms with Crippen molar-refractivity contribution in [2.75, 3.05) is 0 Å². The van der Waals surface area contributed by atoms with Gasteiger partial charge in [0.25, 0.3) is 0 Å². The summed E-state index contributed by atoms with van der Waals surface area (Å²) < 4.78 is 5.79. The second kappa shape index (κ2) is 7.61. The van der Waals surface area contributed by atoms with Gasteiger partial charge in [0.05, 0.1) is 24.1 Å². The van der Waals surface area contributed by atoms with E-state index >= 15 is 0 Å². The summed E-state index contributed by atoms with van der Waals surface area (Å²) in [6.45, 7) is 12.2. The second-order valence-corrected chi connectivity index (χ2v) is 6.13. The zero-order valence-corrected chi connectivity index (χ0v) is 13.0. The molecule has 0 saturated heterocycles. The van der Waals surface area contributed by atoms with E-state index in [0.717, 1.165) is 30.8 Å². The molecule has 3 heteroatoms. The lowest BCUT2D eigenvalue weighted by Gasteiger charge is -2.20. The highest BCUT2D eigenvalue weighted by Gasteiger charge is 2.09. The van der Waals surface area contributed by atoms with Gasteiger partial charge in [-0.3, -0.25) is 4.98 Å². The lowest BCUT2D eigenvalue weighted by atomic mass is 10.1. The molecule has 1 heterocycles. The van der Waals surface area contributed by atoms with Crippen LogP contribution in [0.4, 0.5) is 0 Å². The van der Waals surface area contributed by atoms with Crippen LogP contribution in [0.3, 0.4) is 0 Å². The van der Waals surface area contributed by atoms with Gasteiger partial charge in [-0.25, -0.2) is 0 Å². The summed E-state index contributed by atoms with van der Waals surface area (Å²) in [6.07, 6.45) is 2.57. The SMILES string of the molecule is CCCC(C)OCc1cccc(CNC(C)(C)C)n1. The summed E-state index contributed by atoms with van der Waals surface area (Å²) in [4.78, 5) is 4.62. The van der Waals surface area contributed by atoms with Gasteiger partial charge >= 0.3 is 0 Å². The fourth-order valence-corrected chi connectivity index (χ4v) is 1.78. The molecule has 0 aliphatic carbocycles. The molecule has 0 fully saturated rings. The predicted molar refractivity (Wildman–Crippen MR) is 80.0 cm³/mol. The molecule has 19 heavy (non-hydrogen) atoms. The van der Waals surface area contributed by atoms with Crippen LogP contribution in [-0.2, 0) is 17.9 Å². The molecule has 0 radical (unpaired) electrons. The molecule has 0 aliphatic rings. The topological polar surface area (TPSA) is 34.1 Å². The summed E-state index contributed by atoms with van der Waals surface area (Å²) in [5, 5.41) is 3.45. The summed E-state index contributed by atoms with van der Waals surface area (Å²) in [6, 6.07) is 6.13. The average Bonchev–Trinajstić information content (AvgIpc) is 2.34. The average molecular weight is 264 g/mol. The number of ether oxygens (including phenoxy) is 1. The fourth-order valence-electron chi connectivity index (χ4n) is 1.78. The number of nitrogens with zero attached hydrogens (tertiary/aromatic N) is 1. The summed E-state index contributed by atoms with van der Waals surface area (Å²) in [5.74, 6) is 0. The van der Waals surface area contributed by atoms with Gasteiger partial charge in [-0.1, -0.05) is 19.4 Å². The number of pyridine rings is 1. The molecule has 3 nitrogen and oxygen atoms in total. The molecule has 108 valence electrons. The largest absolute Gasteiger partial charge is 0.372 e. The highest BCUT2D eigenvalue weighted by atomic mass is 16.5. The third-order valence-corrected chi connectivity index (χ3v) is 2.88. The van der Waals surface area contributed by atoms with Crippen molar-refractivity contribution in [3.8, 4) is 0 Å². The Hall–Kier alpha value is -0.930. The molecule has 0 aliphatic heterocycles. The minimum atomic E-state index is 0.115. The third kappa shape index (κ3) is 7.28. The molecular formula is C16H28N2O. The van der Waals surface area contributed by atoms with E-state index in [4.69, 9.17) is 4.74 Å². The monoisotopic (exact) mass is 264 g/mol. The number of hydrogen-bond acceptors (Lipinski definition) is 3. The Morgan fingerprint density at radius 2 is 1.95 bits per heavy atom. The highest BCUT2D eigenvalue weighted by molar-refractivity contribution is 5.10. The van der Waals surface area contributed by atoms with Crippen molar-refractivity contribution in [2.24, 2.45) is 0 Å². The fraction of sp³-hybridized carbons (Fsp3) is 0.688. The van der Waals surface area contributed by atoms with Crippen LogP contribution >= 0.6 is 0 Å². The minimum Gasteiger partial charge on any atom is -0.372 e. The standard InChI is InChI=1S/C16H28N2O/c1-6-8-13(2)19-12-15-10-7-9-14(18-15)11-17-16(3,4)5/h7,9-10,13,17H,6,8,11-12H2,1-5H3. The van der Waals surface area contributed by atoms with Crippen LogP contribution in [0, 0.1) is 0 Å². The first kappa shape index (κ1) is 16.1. The van der Waals surface area contributed by atoms with E-state index in [1.165, 1.54) is 0 Å². The number of hydrogen-bond donors (Lipinski definition) is 1. The Balaban J connectivity index is 2.48. The van der Waals surface area contributed by atoms with E-state index in [1.807, 2.05) is 6.07 Å². The Labute approximate surface area is 117 Å². The van der Waals surface area contributed by atoms with Gasteiger partial charge in [-0.05, 0) is 46.2 Å². The van der Waals surface area contributed by atoms with Crippen LogP contribution in [0.2, 0.25) is 0 Å². The maximum absolute atomic E-state index is 5.79. The molecule has 1 aromatic rings. The quantitative estimate of drug-likeness (QED) is 0.816. The van der Waals surface area contributed by atoms with E-state index in [-0.39, 0.29) is 5.54 Å². The van der Waals surface area contributed by atoms with E-state index in [2.05, 4.69) is 57.1 Å². The molecule has 1 unspecified atom stereocenters. The van der Waals surface area contributed by atoms with Gasteiger partial charge in [-0.15, -0.1) is 0 Å². The smallest absolute Gasteiger partial charge is 0.0891 e. The van der Waals surface area contributed by atoms with E-state index in [1.54, 1.807) is 0 Å². The first-order valence-corrected chi connectivity index (χ1v) is 7.22. The van der Waals surface area contributed by atoms with Gasteiger partial charge in [0.2, 0.25) is 0 Å². The van der Waals surface area contributed by atoms with Gasteiger partial charge in [0, 0.05) is 12.1 Å². The van der Waals surface area contributed by atoms with Crippen molar-refractivity contribution < 1.29 is 4.74 Å². The van der Waals surface area contributed by atoms with Crippen LogP contribution in [0.5, 0.6) is 0 Å². The molecule has 0 amide bonds. The van der Waals surface area contributed by atoms with Crippen LogP contribution in [-0.4, -0.2) is 16.6 Å². The second-order valence-electron chi connectivity index (χ2n) is 6.13. The molecule has 0 bridgehead atoms. The van der Waals surface area contributed by atoms with Crippen LogP contribution in [0.1, 0.15) is 58.8 Å². The van der Waals surface area contributed by atoms with Crippen molar-refractivity contribution in [1.82, 2.24) is 10.3 Å². The summed E-state index contributed by atoms with van der Waals surface area (Å²) in [5.41, 5.74) is 2.19. The van der Waals surface area contributed by atoms with Crippen LogP contribution in [0.25, 0.3) is 0 Å². The molecule has 1 atom stereocenters. The number of nitrogens with one attached hydrogen (secondary N) is 1. The summed E-state index contributed by atoms with van der Waals surface area (Å²) in [7, 11) is 0. The Morgan fingerprint density at radius 3 is 2.58 bits per heavy atom. The number of rotatable bonds is 7. The molecule has 1 rings (SSSR count). The van der Waals surface area contributed by atoms with E-state index in [9.17, 15) is 0 Å². The highest BCUT2D eigenvalue weighted by Crippen LogP contribution is 2.07. The zero-order valence-electron chi connectivity index (χ0n) is 13.0. The Bertz CT molecular complexity index is 371. The predicted octanol–water partition coefficient (Wildman–Crippen LogP) is 3.67. The van der Waals surface area contributed by atoms with Crippen LogP contribution < -0.4 is 5.32 Å². The third-order valence-electron chi connectivity index (χ3n) is 2.88. The Morgan fingerprint density at radius 1 is 1.26 bits per heavy atom. The van der Waals surface area contributed by atoms with Gasteiger partial charge in [0.15, 0.2) is 0 Å². The lowest BCUT2D eigenvalue weighted by Crippen LogP contribution is -2.35. The van der Waals surface area contributed by atoms with Gasteiger partial charge in [-0.2, -0.15) is 0 Å². The first-order valence-electron chi connectivity index (χ1n) is 7.22. The Kier molecular flexibility index (Phi) is 6.46. The van der Waals surface area contributed by atoms with Crippen molar-refractivity contribution in [1.29, 1.82) is 0 Å². The number of aromatic nitrogens is 1. The maximum Gasteiger partial charge on any atom is 0.0891 e. The maximum atomic E-state index is 5.79. The molecule has 0 saturated carbocycles.